The topological polar surface area (TPSA) is 21.7 Å². The van der Waals surface area contributed by atoms with Crippen LogP contribution in [-0.2, 0) is 9.47 Å². The van der Waals surface area contributed by atoms with Gasteiger partial charge < -0.3 is 14.4 Å². The number of hydrogen-bond donors (Lipinski definition) is 0. The van der Waals surface area contributed by atoms with E-state index in [-0.39, 0.29) is 6.29 Å². The lowest BCUT2D eigenvalue weighted by Crippen LogP contribution is -2.14. The Hall–Kier alpha value is -0.640. The van der Waals surface area contributed by atoms with Crippen LogP contribution in [0.3, 0.4) is 0 Å². The van der Waals surface area contributed by atoms with Gasteiger partial charge >= 0.3 is 0 Å². The quantitative estimate of drug-likeness (QED) is 0.0686. The van der Waals surface area contributed by atoms with Gasteiger partial charge in [-0.05, 0) is 84.3 Å². The monoisotopic (exact) mass is 548 g/mol. The van der Waals surface area contributed by atoms with Gasteiger partial charge in [0.15, 0.2) is 6.29 Å². The van der Waals surface area contributed by atoms with Crippen LogP contribution in [0.25, 0.3) is 0 Å². The summed E-state index contributed by atoms with van der Waals surface area (Å²) in [5.74, 6) is 0.958. The molecule has 0 aromatic rings. The van der Waals surface area contributed by atoms with Crippen molar-refractivity contribution in [2.24, 2.45) is 5.92 Å². The molecule has 1 fully saturated rings. The molecule has 1 saturated heterocycles. The molecule has 1 unspecified atom stereocenters. The van der Waals surface area contributed by atoms with E-state index in [1.165, 1.54) is 148 Å². The van der Waals surface area contributed by atoms with E-state index in [0.717, 1.165) is 32.0 Å². The summed E-state index contributed by atoms with van der Waals surface area (Å²) in [5, 5.41) is 0. The van der Waals surface area contributed by atoms with Crippen molar-refractivity contribution >= 4 is 0 Å². The summed E-state index contributed by atoms with van der Waals surface area (Å²) >= 11 is 0. The molecule has 0 aromatic carbocycles. The molecule has 0 spiro atoms. The highest BCUT2D eigenvalue weighted by Crippen LogP contribution is 2.24. The fraction of sp³-hybridized carbons (Fsp3) is 0.889. The highest BCUT2D eigenvalue weighted by Gasteiger charge is 2.14. The van der Waals surface area contributed by atoms with Gasteiger partial charge in [-0.25, -0.2) is 0 Å². The summed E-state index contributed by atoms with van der Waals surface area (Å²) in [6.45, 7) is 5.09. The Kier molecular flexibility index (Phi) is 26.9. The zero-order valence-electron chi connectivity index (χ0n) is 26.8. The Morgan fingerprint density at radius 2 is 1.08 bits per heavy atom. The van der Waals surface area contributed by atoms with E-state index in [1.807, 2.05) is 0 Å². The lowest BCUT2D eigenvalue weighted by atomic mass is 9.90. The zero-order chi connectivity index (χ0) is 28.1. The van der Waals surface area contributed by atoms with Crippen molar-refractivity contribution < 1.29 is 9.47 Å². The number of rotatable bonds is 29. The second-order valence-corrected chi connectivity index (χ2v) is 12.4. The number of unbranched alkanes of at least 4 members (excludes halogenated alkanes) is 15. The van der Waals surface area contributed by atoms with E-state index in [2.05, 4.69) is 50.2 Å². The molecule has 1 aliphatic heterocycles. The average Bonchev–Trinajstić information content (AvgIpc) is 3.45. The van der Waals surface area contributed by atoms with Crippen LogP contribution in [0.1, 0.15) is 161 Å². The molecule has 0 bridgehead atoms. The predicted molar refractivity (Wildman–Crippen MR) is 172 cm³/mol. The first-order valence-electron chi connectivity index (χ1n) is 17.4. The van der Waals surface area contributed by atoms with Gasteiger partial charge in [0.25, 0.3) is 0 Å². The Morgan fingerprint density at radius 3 is 1.64 bits per heavy atom. The smallest absolute Gasteiger partial charge is 0.157 e. The van der Waals surface area contributed by atoms with E-state index in [0.29, 0.717) is 0 Å². The van der Waals surface area contributed by atoms with Gasteiger partial charge in [-0.3, -0.25) is 0 Å². The Bertz CT molecular complexity index is 538. The molecule has 3 nitrogen and oxygen atoms in total. The van der Waals surface area contributed by atoms with Crippen molar-refractivity contribution in [3.63, 3.8) is 0 Å². The van der Waals surface area contributed by atoms with Crippen LogP contribution in [0.2, 0.25) is 0 Å². The van der Waals surface area contributed by atoms with Gasteiger partial charge in [-0.2, -0.15) is 0 Å². The molecule has 1 heterocycles. The van der Waals surface area contributed by atoms with Crippen LogP contribution in [0.15, 0.2) is 24.3 Å². The lowest BCUT2D eigenvalue weighted by Gasteiger charge is -2.18. The molecule has 0 N–H and O–H groups in total. The first kappa shape index (κ1) is 36.4. The normalized spacial score (nSPS) is 15.5. The molecule has 230 valence electrons. The summed E-state index contributed by atoms with van der Waals surface area (Å²) in [6.07, 6.45) is 42.3. The second-order valence-electron chi connectivity index (χ2n) is 12.4. The maximum absolute atomic E-state index is 5.54. The fourth-order valence-electron chi connectivity index (χ4n) is 5.75. The Labute approximate surface area is 245 Å². The minimum atomic E-state index is 0.0951. The average molecular weight is 548 g/mol. The minimum absolute atomic E-state index is 0.0951. The van der Waals surface area contributed by atoms with E-state index in [4.69, 9.17) is 9.47 Å². The molecular formula is C36H69NO2. The van der Waals surface area contributed by atoms with Crippen molar-refractivity contribution in [2.45, 2.75) is 167 Å². The second kappa shape index (κ2) is 28.9. The molecule has 1 aliphatic rings. The Morgan fingerprint density at radius 1 is 0.590 bits per heavy atom. The van der Waals surface area contributed by atoms with Gasteiger partial charge in [0.05, 0.1) is 13.2 Å². The van der Waals surface area contributed by atoms with Crippen LogP contribution >= 0.6 is 0 Å². The third-order valence-corrected chi connectivity index (χ3v) is 8.27. The van der Waals surface area contributed by atoms with Crippen LogP contribution < -0.4 is 0 Å². The molecule has 0 saturated carbocycles. The van der Waals surface area contributed by atoms with Crippen LogP contribution in [0, 0.1) is 5.92 Å². The molecule has 39 heavy (non-hydrogen) atoms. The first-order valence-corrected chi connectivity index (χ1v) is 17.4. The maximum atomic E-state index is 5.54. The maximum Gasteiger partial charge on any atom is 0.157 e. The number of ether oxygens (including phenoxy) is 2. The highest BCUT2D eigenvalue weighted by molar-refractivity contribution is 4.92. The molecular weight excluding hydrogens is 478 g/mol. The van der Waals surface area contributed by atoms with E-state index >= 15 is 0 Å². The summed E-state index contributed by atoms with van der Waals surface area (Å²) in [5.41, 5.74) is 0. The van der Waals surface area contributed by atoms with Crippen molar-refractivity contribution in [2.75, 3.05) is 33.9 Å². The van der Waals surface area contributed by atoms with E-state index in [9.17, 15) is 0 Å². The summed E-state index contributed by atoms with van der Waals surface area (Å²) in [7, 11) is 4.42. The standard InChI is InChI=1S/C36H69NO2/c1-4-5-6-7-8-9-10-11-12-13-14-15-16-17-18-21-24-28-35(30-27-32-37(2)3)29-25-22-19-20-23-26-31-36-38-33-34-39-36/h8-9,11-12,35-36H,4-7,10,13-34H2,1-3H3/b9-8-,12-11-. The minimum Gasteiger partial charge on any atom is -0.350 e. The zero-order valence-corrected chi connectivity index (χ0v) is 26.8. The van der Waals surface area contributed by atoms with Crippen molar-refractivity contribution in [1.29, 1.82) is 0 Å². The van der Waals surface area contributed by atoms with E-state index < -0.39 is 0 Å². The van der Waals surface area contributed by atoms with Crippen molar-refractivity contribution in [3.8, 4) is 0 Å². The number of allylic oxidation sites excluding steroid dienone is 4. The van der Waals surface area contributed by atoms with Crippen molar-refractivity contribution in [1.82, 2.24) is 4.90 Å². The van der Waals surface area contributed by atoms with Crippen LogP contribution in [-0.4, -0.2) is 45.0 Å². The molecule has 1 atom stereocenters. The SMILES string of the molecule is CCCCC/C=C\C/C=C\CCCCCCCCCC(CCCCCCCCC1OCCO1)CCCN(C)C. The van der Waals surface area contributed by atoms with Gasteiger partial charge in [0.2, 0.25) is 0 Å². The van der Waals surface area contributed by atoms with E-state index in [1.54, 1.807) is 0 Å². The van der Waals surface area contributed by atoms with Gasteiger partial charge in [0, 0.05) is 0 Å². The van der Waals surface area contributed by atoms with Crippen LogP contribution in [0.4, 0.5) is 0 Å². The predicted octanol–water partition coefficient (Wildman–Crippen LogP) is 11.0. The first-order chi connectivity index (χ1) is 19.2. The van der Waals surface area contributed by atoms with Gasteiger partial charge in [-0.1, -0.05) is 128 Å². The molecule has 0 aromatic heterocycles. The molecule has 0 radical (unpaired) electrons. The fourth-order valence-corrected chi connectivity index (χ4v) is 5.75. The molecule has 3 heteroatoms. The van der Waals surface area contributed by atoms with Gasteiger partial charge in [-0.15, -0.1) is 0 Å². The summed E-state index contributed by atoms with van der Waals surface area (Å²) < 4.78 is 11.1. The highest BCUT2D eigenvalue weighted by atomic mass is 16.7. The van der Waals surface area contributed by atoms with Gasteiger partial charge in [0.1, 0.15) is 0 Å². The number of hydrogen-bond acceptors (Lipinski definition) is 3. The van der Waals surface area contributed by atoms with Crippen LogP contribution in [0.5, 0.6) is 0 Å². The summed E-state index contributed by atoms with van der Waals surface area (Å²) in [4.78, 5) is 2.35. The largest absolute Gasteiger partial charge is 0.350 e. The molecule has 0 amide bonds. The third kappa shape index (κ3) is 26.0. The van der Waals surface area contributed by atoms with Crippen molar-refractivity contribution in [3.05, 3.63) is 24.3 Å². The molecule has 0 aliphatic carbocycles. The number of nitrogens with zero attached hydrogens (tertiary/aromatic N) is 1. The third-order valence-electron chi connectivity index (χ3n) is 8.27. The lowest BCUT2D eigenvalue weighted by molar-refractivity contribution is -0.0480. The summed E-state index contributed by atoms with van der Waals surface area (Å²) in [6, 6.07) is 0. The molecule has 1 rings (SSSR count). The Balaban J connectivity index is 1.97.